The Morgan fingerprint density at radius 3 is 2.65 bits per heavy atom. The number of benzene rings is 1. The van der Waals surface area contributed by atoms with Gasteiger partial charge in [-0.15, -0.1) is 0 Å². The van der Waals surface area contributed by atoms with Crippen LogP contribution in [0.2, 0.25) is 0 Å². The number of rotatable bonds is 1. The number of nitrogens with zero attached hydrogens (tertiary/aromatic N) is 2. The number of nitrogens with one attached hydrogen (secondary N) is 1. The molecule has 1 fully saturated rings. The van der Waals surface area contributed by atoms with Gasteiger partial charge < -0.3 is 14.8 Å². The van der Waals surface area contributed by atoms with Crippen molar-refractivity contribution in [2.24, 2.45) is 0 Å². The first-order valence-corrected chi connectivity index (χ1v) is 6.82. The van der Waals surface area contributed by atoms with Crippen molar-refractivity contribution in [2.75, 3.05) is 33.2 Å². The number of aryl methyl sites for hydroxylation is 1. The van der Waals surface area contributed by atoms with Gasteiger partial charge >= 0.3 is 0 Å². The van der Waals surface area contributed by atoms with Gasteiger partial charge in [0.1, 0.15) is 5.82 Å². The zero-order chi connectivity index (χ0) is 14.3. The lowest BCUT2D eigenvalue weighted by atomic mass is 10.1. The summed E-state index contributed by atoms with van der Waals surface area (Å²) in [5, 5.41) is 0.411. The first-order valence-electron chi connectivity index (χ1n) is 6.82. The molecule has 0 saturated carbocycles. The molecule has 1 saturated heterocycles. The van der Waals surface area contributed by atoms with Crippen molar-refractivity contribution in [3.05, 3.63) is 35.3 Å². The number of halogens is 1. The van der Waals surface area contributed by atoms with Crippen LogP contribution < -0.4 is 0 Å². The van der Waals surface area contributed by atoms with E-state index in [2.05, 4.69) is 9.88 Å². The van der Waals surface area contributed by atoms with Gasteiger partial charge in [-0.3, -0.25) is 4.79 Å². The van der Waals surface area contributed by atoms with Crippen LogP contribution in [-0.2, 0) is 0 Å². The highest BCUT2D eigenvalue weighted by atomic mass is 19.1. The molecule has 3 rings (SSSR count). The maximum absolute atomic E-state index is 14.1. The minimum absolute atomic E-state index is 0.0769. The molecule has 1 aromatic carbocycles. The lowest BCUT2D eigenvalue weighted by Gasteiger charge is -2.32. The van der Waals surface area contributed by atoms with E-state index in [0.29, 0.717) is 29.6 Å². The van der Waals surface area contributed by atoms with Crippen molar-refractivity contribution in [1.29, 1.82) is 0 Å². The third kappa shape index (κ3) is 2.08. The normalized spacial score (nSPS) is 16.9. The first-order chi connectivity index (χ1) is 9.58. The maximum Gasteiger partial charge on any atom is 0.256 e. The van der Waals surface area contributed by atoms with E-state index in [4.69, 9.17) is 0 Å². The summed E-state index contributed by atoms with van der Waals surface area (Å²) < 4.78 is 14.1. The zero-order valence-electron chi connectivity index (χ0n) is 11.7. The van der Waals surface area contributed by atoms with Crippen molar-refractivity contribution in [2.45, 2.75) is 6.92 Å². The average molecular weight is 275 g/mol. The van der Waals surface area contributed by atoms with Crippen molar-refractivity contribution in [1.82, 2.24) is 14.8 Å². The molecule has 1 N–H and O–H groups in total. The monoisotopic (exact) mass is 275 g/mol. The highest BCUT2D eigenvalue weighted by molar-refractivity contribution is 6.08. The standard InChI is InChI=1S/C15H18FN3O/c1-10-13(14-11(16)4-3-5-12(14)17-10)15(20)19-8-6-18(2)7-9-19/h3-5,17H,6-9H2,1-2H3. The van der Waals surface area contributed by atoms with Crippen LogP contribution in [0.4, 0.5) is 4.39 Å². The average Bonchev–Trinajstić information content (AvgIpc) is 2.76. The van der Waals surface area contributed by atoms with Crippen molar-refractivity contribution < 1.29 is 9.18 Å². The van der Waals surface area contributed by atoms with Crippen LogP contribution in [0.5, 0.6) is 0 Å². The Kier molecular flexibility index (Phi) is 3.22. The van der Waals surface area contributed by atoms with Crippen LogP contribution in [0, 0.1) is 12.7 Å². The molecule has 1 amide bonds. The molecule has 106 valence electrons. The Morgan fingerprint density at radius 1 is 1.25 bits per heavy atom. The number of hydrogen-bond donors (Lipinski definition) is 1. The Balaban J connectivity index is 2.01. The van der Waals surface area contributed by atoms with Crippen molar-refractivity contribution in [3.63, 3.8) is 0 Å². The molecule has 5 heteroatoms. The fourth-order valence-corrected chi connectivity index (χ4v) is 2.77. The van der Waals surface area contributed by atoms with Crippen LogP contribution in [0.25, 0.3) is 10.9 Å². The van der Waals surface area contributed by atoms with E-state index in [1.54, 1.807) is 12.1 Å². The SMILES string of the molecule is Cc1[nH]c2cccc(F)c2c1C(=O)N1CCN(C)CC1. The minimum Gasteiger partial charge on any atom is -0.358 e. The zero-order valence-corrected chi connectivity index (χ0v) is 11.7. The summed E-state index contributed by atoms with van der Waals surface area (Å²) in [6.45, 7) is 4.92. The molecule has 2 aromatic rings. The molecular weight excluding hydrogens is 257 g/mol. The maximum atomic E-state index is 14.1. The van der Waals surface area contributed by atoms with E-state index < -0.39 is 0 Å². The van der Waals surface area contributed by atoms with Crippen LogP contribution in [0.1, 0.15) is 16.1 Å². The van der Waals surface area contributed by atoms with Gasteiger partial charge in [0.2, 0.25) is 0 Å². The Bertz CT molecular complexity index is 656. The molecule has 1 aliphatic heterocycles. The minimum atomic E-state index is -0.343. The second-order valence-electron chi connectivity index (χ2n) is 5.38. The van der Waals surface area contributed by atoms with E-state index in [1.165, 1.54) is 6.07 Å². The van der Waals surface area contributed by atoms with E-state index in [9.17, 15) is 9.18 Å². The van der Waals surface area contributed by atoms with Gasteiger partial charge in [0.15, 0.2) is 0 Å². The quantitative estimate of drug-likeness (QED) is 0.864. The third-order valence-corrected chi connectivity index (χ3v) is 3.97. The molecule has 1 aromatic heterocycles. The van der Waals surface area contributed by atoms with Gasteiger partial charge in [-0.25, -0.2) is 4.39 Å². The number of aromatic amines is 1. The summed E-state index contributed by atoms with van der Waals surface area (Å²) in [6, 6.07) is 4.85. The molecule has 0 bridgehead atoms. The lowest BCUT2D eigenvalue weighted by Crippen LogP contribution is -2.47. The summed E-state index contributed by atoms with van der Waals surface area (Å²) in [5.41, 5.74) is 1.89. The molecule has 4 nitrogen and oxygen atoms in total. The molecule has 0 atom stereocenters. The van der Waals surface area contributed by atoms with Gasteiger partial charge in [-0.2, -0.15) is 0 Å². The van der Waals surface area contributed by atoms with Crippen molar-refractivity contribution >= 4 is 16.8 Å². The molecule has 0 aliphatic carbocycles. The number of aromatic nitrogens is 1. The third-order valence-electron chi connectivity index (χ3n) is 3.97. The number of fused-ring (bicyclic) bond motifs is 1. The molecule has 1 aliphatic rings. The molecule has 0 spiro atoms. The summed E-state index contributed by atoms with van der Waals surface area (Å²) in [6.07, 6.45) is 0. The Hall–Kier alpha value is -1.88. The van der Waals surface area contributed by atoms with Gasteiger partial charge in [-0.1, -0.05) is 6.07 Å². The number of amides is 1. The number of carbonyl (C=O) groups is 1. The first kappa shape index (κ1) is 13.1. The van der Waals surface area contributed by atoms with Crippen LogP contribution in [-0.4, -0.2) is 53.9 Å². The smallest absolute Gasteiger partial charge is 0.256 e. The van der Waals surface area contributed by atoms with E-state index >= 15 is 0 Å². The summed E-state index contributed by atoms with van der Waals surface area (Å²) in [7, 11) is 2.04. The lowest BCUT2D eigenvalue weighted by molar-refractivity contribution is 0.0665. The highest BCUT2D eigenvalue weighted by Crippen LogP contribution is 2.26. The highest BCUT2D eigenvalue weighted by Gasteiger charge is 2.25. The fourth-order valence-electron chi connectivity index (χ4n) is 2.77. The van der Waals surface area contributed by atoms with Gasteiger partial charge in [0.05, 0.1) is 5.56 Å². The molecular formula is C15H18FN3O. The largest absolute Gasteiger partial charge is 0.358 e. The second-order valence-corrected chi connectivity index (χ2v) is 5.38. The summed E-state index contributed by atoms with van der Waals surface area (Å²) >= 11 is 0. The molecule has 0 radical (unpaired) electrons. The molecule has 2 heterocycles. The summed E-state index contributed by atoms with van der Waals surface area (Å²) in [5.74, 6) is -0.420. The van der Waals surface area contributed by atoms with E-state index in [-0.39, 0.29) is 11.7 Å². The number of likely N-dealkylation sites (N-methyl/N-ethyl adjacent to an activating group) is 1. The number of carbonyl (C=O) groups excluding carboxylic acids is 1. The Labute approximate surface area is 117 Å². The summed E-state index contributed by atoms with van der Waals surface area (Å²) in [4.78, 5) is 19.8. The van der Waals surface area contributed by atoms with Crippen LogP contribution >= 0.6 is 0 Å². The second kappa shape index (κ2) is 4.90. The number of piperazine rings is 1. The fraction of sp³-hybridized carbons (Fsp3) is 0.400. The van der Waals surface area contributed by atoms with Gasteiger partial charge in [0.25, 0.3) is 5.91 Å². The van der Waals surface area contributed by atoms with Gasteiger partial charge in [-0.05, 0) is 26.1 Å². The van der Waals surface area contributed by atoms with Crippen molar-refractivity contribution in [3.8, 4) is 0 Å². The number of hydrogen-bond acceptors (Lipinski definition) is 2. The number of H-pyrrole nitrogens is 1. The molecule has 0 unspecified atom stereocenters. The van der Waals surface area contributed by atoms with Crippen LogP contribution in [0.3, 0.4) is 0 Å². The van der Waals surface area contributed by atoms with Crippen LogP contribution in [0.15, 0.2) is 18.2 Å². The Morgan fingerprint density at radius 2 is 1.95 bits per heavy atom. The van der Waals surface area contributed by atoms with E-state index in [1.807, 2.05) is 18.9 Å². The van der Waals surface area contributed by atoms with E-state index in [0.717, 1.165) is 18.8 Å². The van der Waals surface area contributed by atoms with Gasteiger partial charge in [0, 0.05) is 42.8 Å². The predicted molar refractivity (Wildman–Crippen MR) is 76.4 cm³/mol. The molecule has 20 heavy (non-hydrogen) atoms. The topological polar surface area (TPSA) is 39.3 Å². The predicted octanol–water partition coefficient (Wildman–Crippen LogP) is 2.00.